The number of hydrogen-bond donors (Lipinski definition) is 0. The number of carbonyl (C=O) groups is 2. The number of aryl methyl sites for hydroxylation is 2. The molecular formula is C16H21N3O3. The van der Waals surface area contributed by atoms with Crippen LogP contribution < -0.4 is 0 Å². The quantitative estimate of drug-likeness (QED) is 0.774. The summed E-state index contributed by atoms with van der Waals surface area (Å²) in [5, 5.41) is 0. The molecule has 3 atom stereocenters. The first-order valence-electron chi connectivity index (χ1n) is 7.72. The zero-order valence-electron chi connectivity index (χ0n) is 13.2. The Balaban J connectivity index is 1.91. The van der Waals surface area contributed by atoms with E-state index in [9.17, 15) is 9.59 Å². The molecule has 2 aliphatic rings. The van der Waals surface area contributed by atoms with E-state index in [1.807, 2.05) is 6.92 Å². The normalized spacial score (nSPS) is 26.9. The van der Waals surface area contributed by atoms with E-state index in [1.165, 1.54) is 7.11 Å². The van der Waals surface area contributed by atoms with Gasteiger partial charge in [0, 0.05) is 12.2 Å². The summed E-state index contributed by atoms with van der Waals surface area (Å²) < 4.78 is 4.94. The highest BCUT2D eigenvalue weighted by atomic mass is 16.5. The molecule has 2 heterocycles. The molecule has 6 nitrogen and oxygen atoms in total. The van der Waals surface area contributed by atoms with Gasteiger partial charge in [-0.05, 0) is 44.6 Å². The van der Waals surface area contributed by atoms with E-state index < -0.39 is 6.04 Å². The number of amides is 1. The summed E-state index contributed by atoms with van der Waals surface area (Å²) in [4.78, 5) is 35.1. The highest BCUT2D eigenvalue weighted by Crippen LogP contribution is 2.42. The lowest BCUT2D eigenvalue weighted by molar-refractivity contribution is -0.146. The molecule has 0 bridgehead atoms. The molecule has 0 N–H and O–H groups in total. The van der Waals surface area contributed by atoms with Crippen LogP contribution in [-0.4, -0.2) is 46.4 Å². The van der Waals surface area contributed by atoms with Gasteiger partial charge in [-0.15, -0.1) is 0 Å². The summed E-state index contributed by atoms with van der Waals surface area (Å²) in [6, 6.07) is 1.21. The van der Waals surface area contributed by atoms with E-state index in [2.05, 4.69) is 9.97 Å². The average molecular weight is 303 g/mol. The molecule has 1 saturated heterocycles. The molecule has 1 aromatic heterocycles. The summed E-state index contributed by atoms with van der Waals surface area (Å²) in [6.45, 7) is 4.22. The van der Waals surface area contributed by atoms with Crippen LogP contribution in [0.3, 0.4) is 0 Å². The van der Waals surface area contributed by atoms with E-state index in [4.69, 9.17) is 4.74 Å². The number of nitrogens with zero attached hydrogens (tertiary/aromatic N) is 3. The average Bonchev–Trinajstić information content (AvgIpc) is 3.04. The maximum atomic E-state index is 12.8. The molecule has 0 aromatic carbocycles. The maximum absolute atomic E-state index is 12.8. The molecule has 0 radical (unpaired) electrons. The molecule has 2 fully saturated rings. The fourth-order valence-electron chi connectivity index (χ4n) is 3.91. The summed E-state index contributed by atoms with van der Waals surface area (Å²) in [6.07, 6.45) is 3.18. The van der Waals surface area contributed by atoms with E-state index in [0.717, 1.165) is 25.0 Å². The molecule has 1 amide bonds. The zero-order valence-corrected chi connectivity index (χ0v) is 13.2. The predicted molar refractivity (Wildman–Crippen MR) is 79.2 cm³/mol. The van der Waals surface area contributed by atoms with Gasteiger partial charge in [0.1, 0.15) is 17.6 Å². The minimum Gasteiger partial charge on any atom is -0.467 e. The number of ether oxygens (including phenoxy) is 1. The number of aromatic nitrogens is 2. The summed E-state index contributed by atoms with van der Waals surface area (Å²) in [7, 11) is 1.38. The predicted octanol–water partition coefficient (Wildman–Crippen LogP) is 1.51. The Morgan fingerprint density at radius 3 is 2.73 bits per heavy atom. The van der Waals surface area contributed by atoms with Crippen LogP contribution in [0.1, 0.15) is 41.3 Å². The van der Waals surface area contributed by atoms with Crippen molar-refractivity contribution in [3.63, 3.8) is 0 Å². The minimum atomic E-state index is -0.472. The van der Waals surface area contributed by atoms with E-state index >= 15 is 0 Å². The number of rotatable bonds is 2. The third kappa shape index (κ3) is 2.46. The van der Waals surface area contributed by atoms with Crippen molar-refractivity contribution in [2.24, 2.45) is 11.8 Å². The topological polar surface area (TPSA) is 72.4 Å². The molecule has 3 unspecified atom stereocenters. The Hall–Kier alpha value is -1.98. The van der Waals surface area contributed by atoms with Crippen LogP contribution in [0.25, 0.3) is 0 Å². The molecule has 118 valence electrons. The number of carbonyl (C=O) groups excluding carboxylic acids is 2. The molecular weight excluding hydrogens is 282 g/mol. The van der Waals surface area contributed by atoms with Gasteiger partial charge in [-0.1, -0.05) is 6.42 Å². The van der Waals surface area contributed by atoms with Gasteiger partial charge in [0.25, 0.3) is 5.91 Å². The van der Waals surface area contributed by atoms with Gasteiger partial charge in [-0.25, -0.2) is 14.8 Å². The summed E-state index contributed by atoms with van der Waals surface area (Å²) in [5.41, 5.74) is 1.11. The fraction of sp³-hybridized carbons (Fsp3) is 0.625. The second-order valence-electron chi connectivity index (χ2n) is 6.22. The Morgan fingerprint density at radius 1 is 1.27 bits per heavy atom. The van der Waals surface area contributed by atoms with Gasteiger partial charge in [-0.2, -0.15) is 0 Å². The number of likely N-dealkylation sites (tertiary alicyclic amines) is 1. The second-order valence-corrected chi connectivity index (χ2v) is 6.22. The Bertz CT molecular complexity index is 596. The SMILES string of the molecule is COC(=O)C1C2CCCC2CN1C(=O)c1cc(C)nc(C)n1. The van der Waals surface area contributed by atoms with Gasteiger partial charge >= 0.3 is 5.97 Å². The smallest absolute Gasteiger partial charge is 0.328 e. The highest BCUT2D eigenvalue weighted by Gasteiger charge is 2.50. The van der Waals surface area contributed by atoms with Gasteiger partial charge in [0.05, 0.1) is 7.11 Å². The molecule has 3 rings (SSSR count). The van der Waals surface area contributed by atoms with Crippen LogP contribution >= 0.6 is 0 Å². The minimum absolute atomic E-state index is 0.196. The van der Waals surface area contributed by atoms with E-state index in [-0.39, 0.29) is 17.8 Å². The maximum Gasteiger partial charge on any atom is 0.328 e. The molecule has 1 aliphatic carbocycles. The number of hydrogen-bond acceptors (Lipinski definition) is 5. The van der Waals surface area contributed by atoms with Crippen molar-refractivity contribution in [3.8, 4) is 0 Å². The summed E-state index contributed by atoms with van der Waals surface area (Å²) in [5.74, 6) is 0.679. The number of fused-ring (bicyclic) bond motifs is 1. The second kappa shape index (κ2) is 5.66. The standard InChI is InChI=1S/C16H21N3O3/c1-9-7-13(18-10(2)17-9)15(20)19-8-11-5-4-6-12(11)14(19)16(21)22-3/h7,11-12,14H,4-6,8H2,1-3H3. The van der Waals surface area contributed by atoms with Gasteiger partial charge in [0.15, 0.2) is 0 Å². The van der Waals surface area contributed by atoms with Crippen LogP contribution in [0.4, 0.5) is 0 Å². The van der Waals surface area contributed by atoms with Crippen LogP contribution in [0.5, 0.6) is 0 Å². The third-order valence-corrected chi connectivity index (χ3v) is 4.78. The lowest BCUT2D eigenvalue weighted by Gasteiger charge is -2.25. The first kappa shape index (κ1) is 14.9. The van der Waals surface area contributed by atoms with Crippen molar-refractivity contribution in [3.05, 3.63) is 23.3 Å². The van der Waals surface area contributed by atoms with Crippen molar-refractivity contribution in [2.75, 3.05) is 13.7 Å². The molecule has 1 aliphatic heterocycles. The lowest BCUT2D eigenvalue weighted by atomic mass is 9.94. The monoisotopic (exact) mass is 303 g/mol. The molecule has 22 heavy (non-hydrogen) atoms. The van der Waals surface area contributed by atoms with Gasteiger partial charge < -0.3 is 9.64 Å². The Labute approximate surface area is 129 Å². The van der Waals surface area contributed by atoms with Crippen LogP contribution in [0.15, 0.2) is 6.07 Å². The first-order chi connectivity index (χ1) is 10.5. The van der Waals surface area contributed by atoms with Crippen molar-refractivity contribution in [1.82, 2.24) is 14.9 Å². The van der Waals surface area contributed by atoms with Crippen LogP contribution in [-0.2, 0) is 9.53 Å². The number of methoxy groups -OCH3 is 1. The third-order valence-electron chi connectivity index (χ3n) is 4.78. The highest BCUT2D eigenvalue weighted by molar-refractivity contribution is 5.96. The van der Waals surface area contributed by atoms with E-state index in [1.54, 1.807) is 17.9 Å². The Kier molecular flexibility index (Phi) is 3.85. The van der Waals surface area contributed by atoms with Crippen molar-refractivity contribution in [2.45, 2.75) is 39.2 Å². The summed E-state index contributed by atoms with van der Waals surface area (Å²) >= 11 is 0. The van der Waals surface area contributed by atoms with Crippen molar-refractivity contribution >= 4 is 11.9 Å². The fourth-order valence-corrected chi connectivity index (χ4v) is 3.91. The van der Waals surface area contributed by atoms with Gasteiger partial charge in [0.2, 0.25) is 0 Å². The van der Waals surface area contributed by atoms with Crippen molar-refractivity contribution < 1.29 is 14.3 Å². The molecule has 6 heteroatoms. The zero-order chi connectivity index (χ0) is 15.9. The molecule has 0 spiro atoms. The molecule has 1 saturated carbocycles. The Morgan fingerprint density at radius 2 is 2.05 bits per heavy atom. The van der Waals surface area contributed by atoms with Gasteiger partial charge in [-0.3, -0.25) is 4.79 Å². The number of esters is 1. The van der Waals surface area contributed by atoms with Crippen molar-refractivity contribution in [1.29, 1.82) is 0 Å². The van der Waals surface area contributed by atoms with Crippen LogP contribution in [0, 0.1) is 25.7 Å². The molecule has 1 aromatic rings. The first-order valence-corrected chi connectivity index (χ1v) is 7.72. The largest absolute Gasteiger partial charge is 0.467 e. The van der Waals surface area contributed by atoms with E-state index in [0.29, 0.717) is 24.0 Å². The van der Waals surface area contributed by atoms with Crippen LogP contribution in [0.2, 0.25) is 0 Å². The lowest BCUT2D eigenvalue weighted by Crippen LogP contribution is -2.44.